The molecule has 0 aliphatic carbocycles. The normalized spacial score (nSPS) is 12.7. The molecule has 0 saturated carbocycles. The van der Waals surface area contributed by atoms with E-state index >= 15 is 0 Å². The SMILES string of the molecule is O=P(c1ccccc1)(c1ccccc1)C(C=Cc1ccccc1)c1ccccc1. The van der Waals surface area contributed by atoms with Crippen LogP contribution in [0.5, 0.6) is 0 Å². The second-order valence-corrected chi connectivity index (χ2v) is 9.86. The highest BCUT2D eigenvalue weighted by molar-refractivity contribution is 7.79. The summed E-state index contributed by atoms with van der Waals surface area (Å²) in [6.45, 7) is 0. The third kappa shape index (κ3) is 4.16. The third-order valence-corrected chi connectivity index (χ3v) is 8.47. The lowest BCUT2D eigenvalue weighted by molar-refractivity contribution is 0.583. The van der Waals surface area contributed by atoms with E-state index < -0.39 is 7.14 Å². The number of hydrogen-bond donors (Lipinski definition) is 0. The van der Waals surface area contributed by atoms with E-state index in [0.29, 0.717) is 0 Å². The second-order valence-electron chi connectivity index (χ2n) is 6.95. The van der Waals surface area contributed by atoms with Crippen LogP contribution in [-0.2, 0) is 4.57 Å². The average Bonchev–Trinajstić information content (AvgIpc) is 2.81. The predicted octanol–water partition coefficient (Wildman–Crippen LogP) is 6.46. The van der Waals surface area contributed by atoms with Crippen molar-refractivity contribution >= 4 is 23.8 Å². The van der Waals surface area contributed by atoms with Crippen molar-refractivity contribution in [2.45, 2.75) is 5.66 Å². The van der Waals surface area contributed by atoms with Crippen molar-refractivity contribution in [3.05, 3.63) is 139 Å². The highest BCUT2D eigenvalue weighted by Crippen LogP contribution is 2.58. The summed E-state index contributed by atoms with van der Waals surface area (Å²) in [7, 11) is -2.98. The van der Waals surface area contributed by atoms with E-state index in [1.807, 2.05) is 97.1 Å². The molecule has 4 rings (SSSR count). The van der Waals surface area contributed by atoms with Gasteiger partial charge >= 0.3 is 0 Å². The van der Waals surface area contributed by atoms with Crippen LogP contribution < -0.4 is 10.6 Å². The Bertz CT molecular complexity index is 1060. The standard InChI is InChI=1S/C27H23OP/c28-29(25-17-9-3-10-18-25,26-19-11-4-12-20-26)27(24-15-7-2-8-16-24)22-21-23-13-5-1-6-14-23/h1-22,27H. The maximum absolute atomic E-state index is 14.9. The largest absolute Gasteiger partial charge is 0.313 e. The Morgan fingerprint density at radius 2 is 0.966 bits per heavy atom. The molecule has 142 valence electrons. The monoisotopic (exact) mass is 394 g/mol. The van der Waals surface area contributed by atoms with Crippen molar-refractivity contribution in [1.82, 2.24) is 0 Å². The molecule has 0 fully saturated rings. The Morgan fingerprint density at radius 3 is 1.45 bits per heavy atom. The van der Waals surface area contributed by atoms with Crippen molar-refractivity contribution in [2.75, 3.05) is 0 Å². The van der Waals surface area contributed by atoms with E-state index in [2.05, 4.69) is 36.4 Å². The fraction of sp³-hybridized carbons (Fsp3) is 0.0370. The van der Waals surface area contributed by atoms with Crippen LogP contribution in [0, 0.1) is 0 Å². The molecule has 0 spiro atoms. The minimum Gasteiger partial charge on any atom is -0.313 e. The molecule has 29 heavy (non-hydrogen) atoms. The zero-order chi connectivity index (χ0) is 19.9. The second kappa shape index (κ2) is 8.90. The molecule has 0 radical (unpaired) electrons. The van der Waals surface area contributed by atoms with Crippen molar-refractivity contribution in [3.63, 3.8) is 0 Å². The molecule has 0 aliphatic rings. The summed E-state index contributed by atoms with van der Waals surface area (Å²) in [6, 6.07) is 40.1. The first-order chi connectivity index (χ1) is 14.3. The first kappa shape index (κ1) is 19.2. The molecule has 0 saturated heterocycles. The van der Waals surface area contributed by atoms with Crippen LogP contribution in [-0.4, -0.2) is 0 Å². The lowest BCUT2D eigenvalue weighted by Crippen LogP contribution is -2.20. The van der Waals surface area contributed by atoms with E-state index in [-0.39, 0.29) is 5.66 Å². The van der Waals surface area contributed by atoms with Crippen molar-refractivity contribution < 1.29 is 4.57 Å². The van der Waals surface area contributed by atoms with Gasteiger partial charge in [0.1, 0.15) is 0 Å². The summed E-state index contributed by atoms with van der Waals surface area (Å²) < 4.78 is 14.9. The van der Waals surface area contributed by atoms with Crippen molar-refractivity contribution in [2.24, 2.45) is 0 Å². The summed E-state index contributed by atoms with van der Waals surface area (Å²) in [5, 5.41) is 1.75. The molecule has 0 bridgehead atoms. The Labute approximate surface area is 172 Å². The quantitative estimate of drug-likeness (QED) is 0.343. The van der Waals surface area contributed by atoms with E-state index in [4.69, 9.17) is 0 Å². The molecular weight excluding hydrogens is 371 g/mol. The van der Waals surface area contributed by atoms with Crippen LogP contribution in [0.3, 0.4) is 0 Å². The topological polar surface area (TPSA) is 17.1 Å². The zero-order valence-corrected chi connectivity index (χ0v) is 17.0. The van der Waals surface area contributed by atoms with Gasteiger partial charge in [-0.1, -0.05) is 133 Å². The van der Waals surface area contributed by atoms with Crippen LogP contribution in [0.1, 0.15) is 16.8 Å². The summed E-state index contributed by atoms with van der Waals surface area (Å²) in [6.07, 6.45) is 4.18. The molecule has 4 aromatic rings. The summed E-state index contributed by atoms with van der Waals surface area (Å²) in [4.78, 5) is 0. The van der Waals surface area contributed by atoms with Gasteiger partial charge in [0.2, 0.25) is 0 Å². The first-order valence-corrected chi connectivity index (χ1v) is 11.6. The molecule has 0 heterocycles. The highest BCUT2D eigenvalue weighted by Gasteiger charge is 2.36. The van der Waals surface area contributed by atoms with E-state index in [1.54, 1.807) is 0 Å². The van der Waals surface area contributed by atoms with Crippen LogP contribution >= 0.6 is 7.14 Å². The molecule has 1 unspecified atom stereocenters. The predicted molar refractivity (Wildman–Crippen MR) is 124 cm³/mol. The van der Waals surface area contributed by atoms with Gasteiger partial charge in [-0.2, -0.15) is 0 Å². The van der Waals surface area contributed by atoms with Gasteiger partial charge in [-0.05, 0) is 11.1 Å². The Morgan fingerprint density at radius 1 is 0.552 bits per heavy atom. The van der Waals surface area contributed by atoms with Crippen molar-refractivity contribution in [3.8, 4) is 0 Å². The lowest BCUT2D eigenvalue weighted by Gasteiger charge is -2.27. The molecule has 0 N–H and O–H groups in total. The minimum absolute atomic E-state index is 0.256. The molecule has 4 aromatic carbocycles. The zero-order valence-electron chi connectivity index (χ0n) is 16.1. The van der Waals surface area contributed by atoms with Gasteiger partial charge in [0, 0.05) is 10.6 Å². The van der Waals surface area contributed by atoms with Gasteiger partial charge in [0.25, 0.3) is 0 Å². The molecule has 0 aromatic heterocycles. The number of hydrogen-bond acceptors (Lipinski definition) is 1. The molecule has 0 amide bonds. The van der Waals surface area contributed by atoms with Crippen LogP contribution in [0.4, 0.5) is 0 Å². The number of rotatable bonds is 6. The van der Waals surface area contributed by atoms with Crippen LogP contribution in [0.2, 0.25) is 0 Å². The molecule has 1 atom stereocenters. The third-order valence-electron chi connectivity index (χ3n) is 5.08. The van der Waals surface area contributed by atoms with Gasteiger partial charge in [-0.3, -0.25) is 0 Å². The summed E-state index contributed by atoms with van der Waals surface area (Å²) in [5.74, 6) is 0. The summed E-state index contributed by atoms with van der Waals surface area (Å²) >= 11 is 0. The van der Waals surface area contributed by atoms with Gasteiger partial charge in [-0.25, -0.2) is 0 Å². The van der Waals surface area contributed by atoms with Gasteiger partial charge in [-0.15, -0.1) is 0 Å². The fourth-order valence-corrected chi connectivity index (χ4v) is 6.72. The lowest BCUT2D eigenvalue weighted by atomic mass is 10.1. The Balaban J connectivity index is 1.92. The van der Waals surface area contributed by atoms with E-state index in [0.717, 1.165) is 21.7 Å². The van der Waals surface area contributed by atoms with E-state index in [1.165, 1.54) is 0 Å². The smallest absolute Gasteiger partial charge is 0.153 e. The maximum atomic E-state index is 14.9. The summed E-state index contributed by atoms with van der Waals surface area (Å²) in [5.41, 5.74) is 1.89. The fourth-order valence-electron chi connectivity index (χ4n) is 3.63. The minimum atomic E-state index is -2.98. The highest BCUT2D eigenvalue weighted by atomic mass is 31.2. The number of allylic oxidation sites excluding steroid dienone is 1. The maximum Gasteiger partial charge on any atom is 0.153 e. The van der Waals surface area contributed by atoms with Gasteiger partial charge in [0.05, 0.1) is 5.66 Å². The van der Waals surface area contributed by atoms with Gasteiger partial charge in [0.15, 0.2) is 7.14 Å². The first-order valence-electron chi connectivity index (χ1n) is 9.77. The Hall–Kier alpha value is -3.15. The molecule has 2 heteroatoms. The van der Waals surface area contributed by atoms with Crippen LogP contribution in [0.15, 0.2) is 127 Å². The molecular formula is C27H23OP. The molecule has 0 aliphatic heterocycles. The Kier molecular flexibility index (Phi) is 5.89. The van der Waals surface area contributed by atoms with Gasteiger partial charge < -0.3 is 4.57 Å². The van der Waals surface area contributed by atoms with E-state index in [9.17, 15) is 4.57 Å². The van der Waals surface area contributed by atoms with Crippen LogP contribution in [0.25, 0.3) is 6.08 Å². The van der Waals surface area contributed by atoms with Crippen molar-refractivity contribution in [1.29, 1.82) is 0 Å². The average molecular weight is 394 g/mol. The number of benzene rings is 4. The molecule has 1 nitrogen and oxygen atoms in total.